The molecule has 1 unspecified atom stereocenters. The number of carbonyl (C=O) groups is 2. The molecule has 1 fully saturated rings. The van der Waals surface area contributed by atoms with Crippen molar-refractivity contribution in [1.29, 1.82) is 0 Å². The highest BCUT2D eigenvalue weighted by molar-refractivity contribution is 6.03. The van der Waals surface area contributed by atoms with Gasteiger partial charge in [0, 0.05) is 18.7 Å². The fourth-order valence-corrected chi connectivity index (χ4v) is 3.08. The van der Waals surface area contributed by atoms with Crippen molar-refractivity contribution in [3.05, 3.63) is 53.8 Å². The van der Waals surface area contributed by atoms with Crippen LogP contribution in [0.1, 0.15) is 25.8 Å². The summed E-state index contributed by atoms with van der Waals surface area (Å²) in [5.74, 6) is -0.767. The number of hydrogen-bond donors (Lipinski definition) is 1. The SMILES string of the molecule is Cc1ccc(F)c(NC(=O)C2CC(=O)N(c3ccc(OC(C)C)cc3)C2)c1. The number of halogens is 1. The third-order valence-corrected chi connectivity index (χ3v) is 4.40. The number of nitrogens with zero attached hydrogens (tertiary/aromatic N) is 1. The van der Waals surface area contributed by atoms with E-state index in [0.29, 0.717) is 5.69 Å². The van der Waals surface area contributed by atoms with Crippen LogP contribution in [0.4, 0.5) is 15.8 Å². The van der Waals surface area contributed by atoms with Gasteiger partial charge in [-0.05, 0) is 62.7 Å². The number of aryl methyl sites for hydroxylation is 1. The average Bonchev–Trinajstić information content (AvgIpc) is 3.00. The van der Waals surface area contributed by atoms with Gasteiger partial charge in [0.1, 0.15) is 11.6 Å². The molecule has 5 nitrogen and oxygen atoms in total. The lowest BCUT2D eigenvalue weighted by Crippen LogP contribution is -2.28. The minimum atomic E-state index is -0.524. The van der Waals surface area contributed by atoms with E-state index in [-0.39, 0.29) is 36.6 Å². The van der Waals surface area contributed by atoms with Gasteiger partial charge in [-0.1, -0.05) is 6.07 Å². The van der Waals surface area contributed by atoms with Crippen LogP contribution in [0.15, 0.2) is 42.5 Å². The van der Waals surface area contributed by atoms with Gasteiger partial charge in [-0.15, -0.1) is 0 Å². The largest absolute Gasteiger partial charge is 0.491 e. The zero-order chi connectivity index (χ0) is 19.6. The molecule has 0 aromatic heterocycles. The van der Waals surface area contributed by atoms with Crippen LogP contribution in [0.5, 0.6) is 5.75 Å². The summed E-state index contributed by atoms with van der Waals surface area (Å²) in [5.41, 5.74) is 1.70. The molecule has 1 atom stereocenters. The van der Waals surface area contributed by atoms with Crippen LogP contribution >= 0.6 is 0 Å². The molecule has 6 heteroatoms. The van der Waals surface area contributed by atoms with Gasteiger partial charge in [0.25, 0.3) is 0 Å². The van der Waals surface area contributed by atoms with Crippen LogP contribution in [0, 0.1) is 18.7 Å². The molecule has 0 spiro atoms. The number of rotatable bonds is 5. The lowest BCUT2D eigenvalue weighted by atomic mass is 10.1. The molecule has 2 aromatic rings. The van der Waals surface area contributed by atoms with Gasteiger partial charge >= 0.3 is 0 Å². The summed E-state index contributed by atoms with van der Waals surface area (Å²) >= 11 is 0. The van der Waals surface area contributed by atoms with Crippen LogP contribution in [-0.2, 0) is 9.59 Å². The monoisotopic (exact) mass is 370 g/mol. The summed E-state index contributed by atoms with van der Waals surface area (Å²) in [6.07, 6.45) is 0.170. The maximum absolute atomic E-state index is 13.9. The number of benzene rings is 2. The van der Waals surface area contributed by atoms with Crippen molar-refractivity contribution in [1.82, 2.24) is 0 Å². The zero-order valence-corrected chi connectivity index (χ0v) is 15.7. The van der Waals surface area contributed by atoms with Crippen molar-refractivity contribution in [3.8, 4) is 5.75 Å². The van der Waals surface area contributed by atoms with Gasteiger partial charge in [0.05, 0.1) is 17.7 Å². The van der Waals surface area contributed by atoms with E-state index in [1.807, 2.05) is 20.8 Å². The highest BCUT2D eigenvalue weighted by atomic mass is 19.1. The molecule has 1 aliphatic heterocycles. The maximum Gasteiger partial charge on any atom is 0.229 e. The van der Waals surface area contributed by atoms with Gasteiger partial charge in [0.2, 0.25) is 11.8 Å². The number of ether oxygens (including phenoxy) is 1. The summed E-state index contributed by atoms with van der Waals surface area (Å²) in [7, 11) is 0. The fraction of sp³-hybridized carbons (Fsp3) is 0.333. The third-order valence-electron chi connectivity index (χ3n) is 4.40. The van der Waals surface area contributed by atoms with Gasteiger partial charge in [-0.3, -0.25) is 9.59 Å². The normalized spacial score (nSPS) is 16.7. The summed E-state index contributed by atoms with van der Waals surface area (Å²) in [6, 6.07) is 11.7. The first-order valence-electron chi connectivity index (χ1n) is 8.97. The molecule has 1 aliphatic rings. The van der Waals surface area contributed by atoms with Crippen LogP contribution < -0.4 is 15.0 Å². The Hall–Kier alpha value is -2.89. The Kier molecular flexibility index (Phi) is 5.44. The van der Waals surface area contributed by atoms with Gasteiger partial charge < -0.3 is 15.0 Å². The number of carbonyl (C=O) groups excluding carboxylic acids is 2. The standard InChI is InChI=1S/C21H23FN2O3/c1-13(2)27-17-7-5-16(6-8-17)24-12-15(11-20(24)25)21(26)23-19-10-14(3)4-9-18(19)22/h4-10,13,15H,11-12H2,1-3H3,(H,23,26). The Morgan fingerprint density at radius 3 is 2.59 bits per heavy atom. The van der Waals surface area contributed by atoms with Crippen LogP contribution in [0.25, 0.3) is 0 Å². The van der Waals surface area contributed by atoms with E-state index in [2.05, 4.69) is 5.32 Å². The molecular weight excluding hydrogens is 347 g/mol. The van der Waals surface area contributed by atoms with E-state index in [9.17, 15) is 14.0 Å². The molecule has 1 heterocycles. The summed E-state index contributed by atoms with van der Waals surface area (Å²) in [5, 5.41) is 2.60. The first kappa shape index (κ1) is 18.9. The van der Waals surface area contributed by atoms with Crippen molar-refractivity contribution < 1.29 is 18.7 Å². The van der Waals surface area contributed by atoms with E-state index in [1.165, 1.54) is 6.07 Å². The molecule has 3 rings (SSSR count). The number of nitrogens with one attached hydrogen (secondary N) is 1. The Morgan fingerprint density at radius 2 is 1.93 bits per heavy atom. The predicted octanol–water partition coefficient (Wildman–Crippen LogP) is 3.91. The summed E-state index contributed by atoms with van der Waals surface area (Å²) in [6.45, 7) is 5.97. The fourth-order valence-electron chi connectivity index (χ4n) is 3.08. The Balaban J connectivity index is 1.67. The van der Waals surface area contributed by atoms with E-state index >= 15 is 0 Å². The molecule has 1 saturated heterocycles. The number of hydrogen-bond acceptors (Lipinski definition) is 3. The summed E-state index contributed by atoms with van der Waals surface area (Å²) in [4.78, 5) is 26.4. The molecule has 0 bridgehead atoms. The number of amides is 2. The molecule has 0 radical (unpaired) electrons. The topological polar surface area (TPSA) is 58.6 Å². The Labute approximate surface area is 158 Å². The lowest BCUT2D eigenvalue weighted by Gasteiger charge is -2.18. The minimum Gasteiger partial charge on any atom is -0.491 e. The van der Waals surface area contributed by atoms with Crippen molar-refractivity contribution in [2.75, 3.05) is 16.8 Å². The van der Waals surface area contributed by atoms with Gasteiger partial charge in [-0.2, -0.15) is 0 Å². The second kappa shape index (κ2) is 7.78. The third kappa shape index (κ3) is 4.45. The Morgan fingerprint density at radius 1 is 1.22 bits per heavy atom. The van der Waals surface area contributed by atoms with Crippen molar-refractivity contribution in [2.45, 2.75) is 33.3 Å². The van der Waals surface area contributed by atoms with Gasteiger partial charge in [0.15, 0.2) is 0 Å². The quantitative estimate of drug-likeness (QED) is 0.868. The summed E-state index contributed by atoms with van der Waals surface area (Å²) < 4.78 is 19.5. The highest BCUT2D eigenvalue weighted by Crippen LogP contribution is 2.28. The lowest BCUT2D eigenvalue weighted by molar-refractivity contribution is -0.122. The second-order valence-corrected chi connectivity index (χ2v) is 7.04. The molecule has 0 saturated carbocycles. The zero-order valence-electron chi connectivity index (χ0n) is 15.7. The molecule has 27 heavy (non-hydrogen) atoms. The molecule has 2 amide bonds. The van der Waals surface area contributed by atoms with E-state index in [0.717, 1.165) is 11.3 Å². The van der Waals surface area contributed by atoms with Crippen molar-refractivity contribution in [2.24, 2.45) is 5.92 Å². The highest BCUT2D eigenvalue weighted by Gasteiger charge is 2.35. The molecule has 1 N–H and O–H groups in total. The number of anilines is 2. The molecular formula is C21H23FN2O3. The van der Waals surface area contributed by atoms with E-state index in [4.69, 9.17) is 4.74 Å². The first-order valence-corrected chi connectivity index (χ1v) is 8.97. The molecule has 142 valence electrons. The van der Waals surface area contributed by atoms with Gasteiger partial charge in [-0.25, -0.2) is 4.39 Å². The van der Waals surface area contributed by atoms with E-state index in [1.54, 1.807) is 41.3 Å². The second-order valence-electron chi connectivity index (χ2n) is 7.04. The van der Waals surface area contributed by atoms with Crippen LogP contribution in [0.2, 0.25) is 0 Å². The average molecular weight is 370 g/mol. The first-order chi connectivity index (χ1) is 12.8. The van der Waals surface area contributed by atoms with Crippen LogP contribution in [0.3, 0.4) is 0 Å². The van der Waals surface area contributed by atoms with Crippen molar-refractivity contribution >= 4 is 23.2 Å². The Bertz CT molecular complexity index is 849. The predicted molar refractivity (Wildman–Crippen MR) is 102 cm³/mol. The molecule has 2 aromatic carbocycles. The molecule has 0 aliphatic carbocycles. The maximum atomic E-state index is 13.9. The van der Waals surface area contributed by atoms with Crippen LogP contribution in [-0.4, -0.2) is 24.5 Å². The minimum absolute atomic E-state index is 0.0689. The smallest absolute Gasteiger partial charge is 0.229 e. The van der Waals surface area contributed by atoms with E-state index < -0.39 is 11.7 Å². The van der Waals surface area contributed by atoms with Crippen molar-refractivity contribution in [3.63, 3.8) is 0 Å².